The van der Waals surface area contributed by atoms with Gasteiger partial charge in [-0.15, -0.1) is 0 Å². The summed E-state index contributed by atoms with van der Waals surface area (Å²) in [5, 5.41) is 5.82. The van der Waals surface area contributed by atoms with Crippen LogP contribution in [0.15, 0.2) is 54.6 Å². The Kier molecular flexibility index (Phi) is 11.8. The van der Waals surface area contributed by atoms with Crippen molar-refractivity contribution >= 4 is 17.9 Å². The number of hydrogen-bond donors (Lipinski definition) is 2. The number of rotatable bonds is 12. The lowest BCUT2D eigenvalue weighted by molar-refractivity contribution is -0.142. The Morgan fingerprint density at radius 3 is 2.13 bits per heavy atom. The number of alkyl carbamates (subject to hydrolysis) is 1. The smallest absolute Gasteiger partial charge is 0.408 e. The predicted molar refractivity (Wildman–Crippen MR) is 152 cm³/mol. The van der Waals surface area contributed by atoms with Crippen LogP contribution < -0.4 is 10.6 Å². The molecule has 0 spiro atoms. The molecule has 38 heavy (non-hydrogen) atoms. The van der Waals surface area contributed by atoms with Gasteiger partial charge in [0, 0.05) is 19.0 Å². The summed E-state index contributed by atoms with van der Waals surface area (Å²) in [7, 11) is 0. The zero-order valence-electron chi connectivity index (χ0n) is 24.0. The number of amides is 3. The van der Waals surface area contributed by atoms with Crippen LogP contribution in [0.2, 0.25) is 0 Å². The molecule has 2 unspecified atom stereocenters. The maximum atomic E-state index is 14.3. The molecule has 0 aliphatic heterocycles. The highest BCUT2D eigenvalue weighted by molar-refractivity contribution is 5.92. The van der Waals surface area contributed by atoms with Crippen molar-refractivity contribution in [2.75, 3.05) is 6.54 Å². The molecular formula is C31H45N3O4. The highest BCUT2D eigenvalue weighted by Crippen LogP contribution is 2.27. The van der Waals surface area contributed by atoms with Gasteiger partial charge in [-0.1, -0.05) is 74.4 Å². The standard InChI is InChI=1S/C31H45N3O4/c1-8-9-15-20-34(27(28(35)32-22(2)3)25-19-14-13-16-23(25)4)29(36)26(21-24-17-11-10-12-18-24)33-30(37)38-31(5,6)7/h10-14,16-19,22,26-27H,8-9,15,20-21H2,1-7H3,(H,32,35)(H,33,37). The maximum absolute atomic E-state index is 14.3. The molecule has 0 heterocycles. The van der Waals surface area contributed by atoms with Crippen LogP contribution in [0.5, 0.6) is 0 Å². The van der Waals surface area contributed by atoms with E-state index in [9.17, 15) is 14.4 Å². The number of carbonyl (C=O) groups excluding carboxylic acids is 3. The van der Waals surface area contributed by atoms with Crippen molar-refractivity contribution in [1.29, 1.82) is 0 Å². The van der Waals surface area contributed by atoms with Crippen LogP contribution in [0.1, 0.15) is 83.5 Å². The first-order valence-electron chi connectivity index (χ1n) is 13.6. The fourth-order valence-electron chi connectivity index (χ4n) is 4.31. The molecular weight excluding hydrogens is 478 g/mol. The van der Waals surface area contributed by atoms with E-state index in [0.717, 1.165) is 36.0 Å². The first-order valence-corrected chi connectivity index (χ1v) is 13.6. The highest BCUT2D eigenvalue weighted by Gasteiger charge is 2.36. The van der Waals surface area contributed by atoms with Crippen molar-refractivity contribution < 1.29 is 19.1 Å². The molecule has 7 heteroatoms. The van der Waals surface area contributed by atoms with E-state index in [2.05, 4.69) is 17.6 Å². The van der Waals surface area contributed by atoms with Gasteiger partial charge in [-0.25, -0.2) is 4.79 Å². The highest BCUT2D eigenvalue weighted by atomic mass is 16.6. The number of carbonyl (C=O) groups is 3. The normalized spacial score (nSPS) is 12.9. The second kappa shape index (κ2) is 14.6. The molecule has 7 nitrogen and oxygen atoms in total. The zero-order chi connectivity index (χ0) is 28.3. The summed E-state index contributed by atoms with van der Waals surface area (Å²) in [4.78, 5) is 42.5. The van der Waals surface area contributed by atoms with Crippen molar-refractivity contribution in [3.05, 3.63) is 71.3 Å². The summed E-state index contributed by atoms with van der Waals surface area (Å²) in [6.45, 7) is 13.6. The minimum Gasteiger partial charge on any atom is -0.444 e. The molecule has 2 atom stereocenters. The summed E-state index contributed by atoms with van der Waals surface area (Å²) >= 11 is 0. The third kappa shape index (κ3) is 9.84. The molecule has 0 aliphatic rings. The Balaban J connectivity index is 2.55. The fourth-order valence-corrected chi connectivity index (χ4v) is 4.31. The van der Waals surface area contributed by atoms with Crippen LogP contribution in [0.25, 0.3) is 0 Å². The van der Waals surface area contributed by atoms with Gasteiger partial charge in [0.1, 0.15) is 17.7 Å². The predicted octanol–water partition coefficient (Wildman–Crippen LogP) is 5.72. The number of hydrogen-bond acceptors (Lipinski definition) is 4. The van der Waals surface area contributed by atoms with E-state index in [1.165, 1.54) is 0 Å². The van der Waals surface area contributed by atoms with Crippen molar-refractivity contribution in [3.8, 4) is 0 Å². The van der Waals surface area contributed by atoms with E-state index in [0.29, 0.717) is 6.54 Å². The van der Waals surface area contributed by atoms with E-state index >= 15 is 0 Å². The average molecular weight is 524 g/mol. The van der Waals surface area contributed by atoms with Crippen molar-refractivity contribution in [2.24, 2.45) is 0 Å². The Labute approximate surface area is 228 Å². The molecule has 2 rings (SSSR count). The van der Waals surface area contributed by atoms with Gasteiger partial charge < -0.3 is 20.3 Å². The van der Waals surface area contributed by atoms with Crippen LogP contribution in [0.3, 0.4) is 0 Å². The maximum Gasteiger partial charge on any atom is 0.408 e. The molecule has 2 aromatic carbocycles. The van der Waals surface area contributed by atoms with Crippen LogP contribution in [-0.4, -0.2) is 47.0 Å². The lowest BCUT2D eigenvalue weighted by Gasteiger charge is -2.35. The molecule has 3 amide bonds. The van der Waals surface area contributed by atoms with Crippen molar-refractivity contribution in [1.82, 2.24) is 15.5 Å². The van der Waals surface area contributed by atoms with E-state index in [4.69, 9.17) is 4.74 Å². The second-order valence-corrected chi connectivity index (χ2v) is 11.0. The lowest BCUT2D eigenvalue weighted by atomic mass is 9.96. The summed E-state index contributed by atoms with van der Waals surface area (Å²) in [6.07, 6.45) is 2.23. The third-order valence-corrected chi connectivity index (χ3v) is 6.03. The average Bonchev–Trinajstić information content (AvgIpc) is 2.82. The molecule has 0 fully saturated rings. The van der Waals surface area contributed by atoms with Crippen LogP contribution in [0.4, 0.5) is 4.79 Å². The first kappa shape index (κ1) is 30.9. The third-order valence-electron chi connectivity index (χ3n) is 6.03. The van der Waals surface area contributed by atoms with E-state index in [-0.39, 0.29) is 24.3 Å². The number of unbranched alkanes of at least 4 members (excludes halogenated alkanes) is 2. The Morgan fingerprint density at radius 2 is 1.55 bits per heavy atom. The number of nitrogens with zero attached hydrogens (tertiary/aromatic N) is 1. The summed E-state index contributed by atoms with van der Waals surface area (Å²) < 4.78 is 5.50. The molecule has 0 saturated heterocycles. The number of benzene rings is 2. The number of nitrogens with one attached hydrogen (secondary N) is 2. The molecule has 2 N–H and O–H groups in total. The van der Waals surface area contributed by atoms with Crippen molar-refractivity contribution in [3.63, 3.8) is 0 Å². The van der Waals surface area contributed by atoms with Gasteiger partial charge in [0.05, 0.1) is 0 Å². The van der Waals surface area contributed by atoms with Gasteiger partial charge in [-0.3, -0.25) is 9.59 Å². The van der Waals surface area contributed by atoms with E-state index in [1.807, 2.05) is 75.4 Å². The van der Waals surface area contributed by atoms with Gasteiger partial charge >= 0.3 is 6.09 Å². The number of ether oxygens (including phenoxy) is 1. The van der Waals surface area contributed by atoms with Crippen LogP contribution in [-0.2, 0) is 20.7 Å². The second-order valence-electron chi connectivity index (χ2n) is 11.0. The molecule has 0 saturated carbocycles. The Morgan fingerprint density at radius 1 is 0.921 bits per heavy atom. The summed E-state index contributed by atoms with van der Waals surface area (Å²) in [6, 6.07) is 15.3. The fraction of sp³-hybridized carbons (Fsp3) is 0.516. The molecule has 0 aliphatic carbocycles. The molecule has 0 aromatic heterocycles. The molecule has 2 aromatic rings. The van der Waals surface area contributed by atoms with Gasteiger partial charge in [0.25, 0.3) is 0 Å². The van der Waals surface area contributed by atoms with Gasteiger partial charge in [0.2, 0.25) is 11.8 Å². The summed E-state index contributed by atoms with van der Waals surface area (Å²) in [5.74, 6) is -0.558. The number of aryl methyl sites for hydroxylation is 1. The lowest BCUT2D eigenvalue weighted by Crippen LogP contribution is -2.54. The first-order chi connectivity index (χ1) is 17.9. The molecule has 0 bridgehead atoms. The van der Waals surface area contributed by atoms with Crippen LogP contribution in [0, 0.1) is 6.92 Å². The summed E-state index contributed by atoms with van der Waals surface area (Å²) in [5.41, 5.74) is 1.87. The Bertz CT molecular complexity index is 1050. The quantitative estimate of drug-likeness (QED) is 0.349. The Hall–Kier alpha value is -3.35. The largest absolute Gasteiger partial charge is 0.444 e. The van der Waals surface area contributed by atoms with Crippen LogP contribution >= 0.6 is 0 Å². The van der Waals surface area contributed by atoms with Crippen molar-refractivity contribution in [2.45, 2.75) is 97.9 Å². The SMILES string of the molecule is CCCCCN(C(=O)C(Cc1ccccc1)NC(=O)OC(C)(C)C)C(C(=O)NC(C)C)c1ccccc1C. The van der Waals surface area contributed by atoms with Gasteiger partial charge in [0.15, 0.2) is 0 Å². The molecule has 0 radical (unpaired) electrons. The minimum absolute atomic E-state index is 0.0957. The van der Waals surface area contributed by atoms with Gasteiger partial charge in [-0.05, 0) is 64.7 Å². The monoisotopic (exact) mass is 523 g/mol. The van der Waals surface area contributed by atoms with E-state index < -0.39 is 23.8 Å². The molecule has 208 valence electrons. The minimum atomic E-state index is -0.910. The topological polar surface area (TPSA) is 87.7 Å². The zero-order valence-corrected chi connectivity index (χ0v) is 24.0. The van der Waals surface area contributed by atoms with E-state index in [1.54, 1.807) is 25.7 Å². The van der Waals surface area contributed by atoms with Gasteiger partial charge in [-0.2, -0.15) is 0 Å².